The summed E-state index contributed by atoms with van der Waals surface area (Å²) >= 11 is 3.58. The SMILES string of the molecule is CC(=O)c1cc(C)c(O)c(Cc2cn(Cc3c(O)c(C)cc(C(C)=O)c3O)c3cccc(Br)c23)c1O. The number of aromatic hydroxyl groups is 4. The second kappa shape index (κ2) is 9.35. The van der Waals surface area contributed by atoms with E-state index in [1.165, 1.54) is 26.0 Å². The molecule has 0 aliphatic heterocycles. The van der Waals surface area contributed by atoms with Gasteiger partial charge in [-0.25, -0.2) is 0 Å². The largest absolute Gasteiger partial charge is 0.507 e. The number of phenolic OH excluding ortho intramolecular Hbond substituents is 4. The fraction of sp³-hybridized carbons (Fsp3) is 0.214. The van der Waals surface area contributed by atoms with Crippen LogP contribution in [-0.2, 0) is 13.0 Å². The topological polar surface area (TPSA) is 120 Å². The summed E-state index contributed by atoms with van der Waals surface area (Å²) in [5.41, 5.74) is 3.15. The maximum atomic E-state index is 12.1. The van der Waals surface area contributed by atoms with Crippen LogP contribution < -0.4 is 0 Å². The zero-order valence-corrected chi connectivity index (χ0v) is 21.9. The van der Waals surface area contributed by atoms with Crippen molar-refractivity contribution in [3.63, 3.8) is 0 Å². The molecule has 0 aliphatic carbocycles. The number of rotatable bonds is 6. The minimum absolute atomic E-state index is 0.0665. The zero-order valence-electron chi connectivity index (χ0n) is 20.3. The van der Waals surface area contributed by atoms with Crippen molar-refractivity contribution in [2.24, 2.45) is 0 Å². The average Bonchev–Trinajstić information content (AvgIpc) is 3.17. The van der Waals surface area contributed by atoms with Crippen LogP contribution >= 0.6 is 15.9 Å². The van der Waals surface area contributed by atoms with Crippen LogP contribution in [0.4, 0.5) is 0 Å². The third-order valence-corrected chi connectivity index (χ3v) is 7.17. The number of ketones is 2. The highest BCUT2D eigenvalue weighted by Gasteiger charge is 2.23. The molecule has 0 radical (unpaired) electrons. The van der Waals surface area contributed by atoms with Gasteiger partial charge in [-0.1, -0.05) is 22.0 Å². The summed E-state index contributed by atoms with van der Waals surface area (Å²) in [6.45, 7) is 6.10. The maximum absolute atomic E-state index is 12.1. The van der Waals surface area contributed by atoms with Crippen molar-refractivity contribution in [3.8, 4) is 23.0 Å². The molecule has 0 aliphatic rings. The number of carbonyl (C=O) groups is 2. The number of Topliss-reactive ketones (excluding diaryl/α,β-unsaturated/α-hetero) is 2. The van der Waals surface area contributed by atoms with E-state index in [4.69, 9.17) is 0 Å². The lowest BCUT2D eigenvalue weighted by molar-refractivity contribution is 0.100. The van der Waals surface area contributed by atoms with Crippen LogP contribution in [-0.4, -0.2) is 36.6 Å². The highest BCUT2D eigenvalue weighted by molar-refractivity contribution is 9.10. The number of nitrogens with zero attached hydrogens (tertiary/aromatic N) is 1. The average molecular weight is 552 g/mol. The van der Waals surface area contributed by atoms with Crippen LogP contribution in [0.5, 0.6) is 23.0 Å². The minimum Gasteiger partial charge on any atom is -0.507 e. The molecule has 0 spiro atoms. The van der Waals surface area contributed by atoms with Gasteiger partial charge in [0.15, 0.2) is 11.6 Å². The second-order valence-electron chi connectivity index (χ2n) is 9.04. The first-order chi connectivity index (χ1) is 16.9. The Balaban J connectivity index is 1.90. The van der Waals surface area contributed by atoms with E-state index in [-0.39, 0.29) is 69.8 Å². The Kier molecular flexibility index (Phi) is 6.58. The smallest absolute Gasteiger partial charge is 0.163 e. The van der Waals surface area contributed by atoms with E-state index < -0.39 is 0 Å². The molecule has 36 heavy (non-hydrogen) atoms. The van der Waals surface area contributed by atoms with E-state index in [1.54, 1.807) is 20.0 Å². The number of aryl methyl sites for hydroxylation is 2. The molecule has 7 nitrogen and oxygen atoms in total. The molecule has 0 unspecified atom stereocenters. The van der Waals surface area contributed by atoms with Crippen LogP contribution in [0.25, 0.3) is 10.9 Å². The zero-order chi connectivity index (χ0) is 26.5. The molecule has 4 N–H and O–H groups in total. The molecule has 1 heterocycles. The standard InChI is InChI=1S/C28H26BrNO6/c1-13-8-18(15(3)31)27(35)20(25(13)33)10-17-11-30(23-7-5-6-22(29)24(17)23)12-21-26(34)14(2)9-19(16(4)32)28(21)36/h5-9,11,33-36H,10,12H2,1-4H3. The molecular formula is C28H26BrNO6. The summed E-state index contributed by atoms with van der Waals surface area (Å²) in [6.07, 6.45) is 1.93. The van der Waals surface area contributed by atoms with Gasteiger partial charge in [0.1, 0.15) is 23.0 Å². The fourth-order valence-corrected chi connectivity index (χ4v) is 5.21. The first kappa shape index (κ1) is 25.3. The molecule has 4 rings (SSSR count). The molecule has 0 atom stereocenters. The van der Waals surface area contributed by atoms with E-state index in [9.17, 15) is 30.0 Å². The molecule has 3 aromatic carbocycles. The minimum atomic E-state index is -0.315. The van der Waals surface area contributed by atoms with Crippen LogP contribution in [0.2, 0.25) is 0 Å². The van der Waals surface area contributed by atoms with Gasteiger partial charge in [-0.15, -0.1) is 0 Å². The van der Waals surface area contributed by atoms with Crippen molar-refractivity contribution in [1.29, 1.82) is 0 Å². The predicted octanol–water partition coefficient (Wildman–Crippen LogP) is 5.89. The summed E-state index contributed by atoms with van der Waals surface area (Å²) in [6, 6.07) is 8.51. The molecular weight excluding hydrogens is 526 g/mol. The molecule has 186 valence electrons. The van der Waals surface area contributed by atoms with Crippen LogP contribution in [0.1, 0.15) is 62.4 Å². The Morgan fingerprint density at radius 1 is 0.833 bits per heavy atom. The van der Waals surface area contributed by atoms with Gasteiger partial charge in [-0.3, -0.25) is 9.59 Å². The van der Waals surface area contributed by atoms with Gasteiger partial charge in [0, 0.05) is 33.6 Å². The quantitative estimate of drug-likeness (QED) is 0.222. The van der Waals surface area contributed by atoms with Crippen LogP contribution in [0.3, 0.4) is 0 Å². The van der Waals surface area contributed by atoms with Gasteiger partial charge in [-0.05, 0) is 68.7 Å². The Morgan fingerprint density at radius 3 is 1.92 bits per heavy atom. The molecule has 4 aromatic rings. The van der Waals surface area contributed by atoms with Gasteiger partial charge < -0.3 is 25.0 Å². The molecule has 0 saturated carbocycles. The van der Waals surface area contributed by atoms with Crippen molar-refractivity contribution < 1.29 is 30.0 Å². The van der Waals surface area contributed by atoms with E-state index in [0.29, 0.717) is 11.1 Å². The fourth-order valence-electron chi connectivity index (χ4n) is 4.60. The predicted molar refractivity (Wildman–Crippen MR) is 141 cm³/mol. The van der Waals surface area contributed by atoms with Crippen molar-refractivity contribution in [2.45, 2.75) is 40.7 Å². The van der Waals surface area contributed by atoms with Crippen molar-refractivity contribution in [3.05, 3.63) is 79.9 Å². The van der Waals surface area contributed by atoms with Gasteiger partial charge in [0.2, 0.25) is 0 Å². The monoisotopic (exact) mass is 551 g/mol. The number of phenols is 4. The first-order valence-corrected chi connectivity index (χ1v) is 12.1. The third-order valence-electron chi connectivity index (χ3n) is 6.51. The normalized spacial score (nSPS) is 11.2. The summed E-state index contributed by atoms with van der Waals surface area (Å²) in [4.78, 5) is 24.1. The van der Waals surface area contributed by atoms with Gasteiger partial charge in [0.05, 0.1) is 23.2 Å². The van der Waals surface area contributed by atoms with Crippen molar-refractivity contribution >= 4 is 38.4 Å². The van der Waals surface area contributed by atoms with Crippen molar-refractivity contribution in [2.75, 3.05) is 0 Å². The van der Waals surface area contributed by atoms with Crippen LogP contribution in [0.15, 0.2) is 41.0 Å². The Labute approximate surface area is 216 Å². The van der Waals surface area contributed by atoms with E-state index in [1.807, 2.05) is 22.8 Å². The summed E-state index contributed by atoms with van der Waals surface area (Å²) in [5, 5.41) is 43.8. The Bertz CT molecular complexity index is 1570. The van der Waals surface area contributed by atoms with Gasteiger partial charge in [0.25, 0.3) is 0 Å². The summed E-state index contributed by atoms with van der Waals surface area (Å²) in [7, 11) is 0. The molecule has 0 saturated heterocycles. The second-order valence-corrected chi connectivity index (χ2v) is 9.89. The lowest BCUT2D eigenvalue weighted by Crippen LogP contribution is -2.04. The van der Waals surface area contributed by atoms with E-state index in [0.717, 1.165) is 20.9 Å². The van der Waals surface area contributed by atoms with Gasteiger partial charge in [-0.2, -0.15) is 0 Å². The van der Waals surface area contributed by atoms with Gasteiger partial charge >= 0.3 is 0 Å². The summed E-state index contributed by atoms with van der Waals surface area (Å²) < 4.78 is 2.60. The molecule has 0 fully saturated rings. The number of benzene rings is 3. The lowest BCUT2D eigenvalue weighted by atomic mass is 9.95. The number of fused-ring (bicyclic) bond motifs is 1. The number of hydrogen-bond donors (Lipinski definition) is 4. The number of aromatic nitrogens is 1. The number of halogens is 1. The Hall–Kier alpha value is -3.78. The first-order valence-electron chi connectivity index (χ1n) is 11.3. The lowest BCUT2D eigenvalue weighted by Gasteiger charge is -2.14. The molecule has 0 bridgehead atoms. The summed E-state index contributed by atoms with van der Waals surface area (Å²) in [5.74, 6) is -1.36. The third kappa shape index (κ3) is 4.22. The molecule has 0 amide bonds. The Morgan fingerprint density at radius 2 is 1.36 bits per heavy atom. The van der Waals surface area contributed by atoms with Crippen molar-refractivity contribution in [1.82, 2.24) is 4.57 Å². The van der Waals surface area contributed by atoms with Crippen LogP contribution in [0, 0.1) is 13.8 Å². The highest BCUT2D eigenvalue weighted by atomic mass is 79.9. The number of carbonyl (C=O) groups excluding carboxylic acids is 2. The molecule has 1 aromatic heterocycles. The number of hydrogen-bond acceptors (Lipinski definition) is 6. The van der Waals surface area contributed by atoms with E-state index in [2.05, 4.69) is 15.9 Å². The van der Waals surface area contributed by atoms with E-state index >= 15 is 0 Å². The highest BCUT2D eigenvalue weighted by Crippen LogP contribution is 2.40. The maximum Gasteiger partial charge on any atom is 0.163 e. The molecule has 8 heteroatoms.